The summed E-state index contributed by atoms with van der Waals surface area (Å²) >= 11 is 0. The summed E-state index contributed by atoms with van der Waals surface area (Å²) in [5.74, 6) is -0.589. The molecule has 4 aromatic rings. The van der Waals surface area contributed by atoms with E-state index in [9.17, 15) is 14.4 Å². The van der Waals surface area contributed by atoms with E-state index in [0.717, 1.165) is 5.56 Å². The highest BCUT2D eigenvalue weighted by atomic mass is 16.5. The van der Waals surface area contributed by atoms with Crippen molar-refractivity contribution in [2.75, 3.05) is 5.32 Å². The zero-order valence-corrected chi connectivity index (χ0v) is 13.3. The lowest BCUT2D eigenvalue weighted by Crippen LogP contribution is -2.21. The fraction of sp³-hybridized carbons (Fsp3) is 0. The molecular weight excluding hydrogens is 336 g/mol. The van der Waals surface area contributed by atoms with Crippen molar-refractivity contribution in [3.8, 4) is 11.3 Å². The first-order valence-electron chi connectivity index (χ1n) is 7.70. The number of anilines is 1. The Morgan fingerprint density at radius 3 is 2.54 bits per heavy atom. The van der Waals surface area contributed by atoms with Gasteiger partial charge in [0.25, 0.3) is 17.0 Å². The van der Waals surface area contributed by atoms with E-state index in [-0.39, 0.29) is 22.2 Å². The lowest BCUT2D eigenvalue weighted by Gasteiger charge is -2.05. The van der Waals surface area contributed by atoms with E-state index in [1.54, 1.807) is 6.07 Å². The molecule has 0 bridgehead atoms. The van der Waals surface area contributed by atoms with Gasteiger partial charge in [0.05, 0.1) is 16.5 Å². The minimum absolute atomic E-state index is 0.0119. The van der Waals surface area contributed by atoms with Crippen molar-refractivity contribution >= 4 is 22.4 Å². The molecule has 4 rings (SSSR count). The van der Waals surface area contributed by atoms with Gasteiger partial charge in [-0.3, -0.25) is 24.6 Å². The van der Waals surface area contributed by atoms with Gasteiger partial charge in [0.2, 0.25) is 5.76 Å². The first kappa shape index (κ1) is 15.6. The number of hydrogen-bond acceptors (Lipinski definition) is 5. The highest BCUT2D eigenvalue weighted by Crippen LogP contribution is 2.21. The van der Waals surface area contributed by atoms with Crippen LogP contribution in [0.5, 0.6) is 0 Å². The number of rotatable bonds is 3. The van der Waals surface area contributed by atoms with Crippen molar-refractivity contribution in [2.45, 2.75) is 0 Å². The summed E-state index contributed by atoms with van der Waals surface area (Å²) in [6.07, 6.45) is 0. The molecule has 2 aromatic heterocycles. The fourth-order valence-electron chi connectivity index (χ4n) is 2.64. The molecule has 26 heavy (non-hydrogen) atoms. The molecule has 0 saturated carbocycles. The van der Waals surface area contributed by atoms with Gasteiger partial charge in [-0.1, -0.05) is 41.6 Å². The molecule has 8 heteroatoms. The van der Waals surface area contributed by atoms with Crippen LogP contribution >= 0.6 is 0 Å². The summed E-state index contributed by atoms with van der Waals surface area (Å²) < 4.78 is 5.10. The maximum Gasteiger partial charge on any atom is 0.294 e. The Morgan fingerprint density at radius 2 is 1.73 bits per heavy atom. The number of hydrogen-bond donors (Lipinski definition) is 3. The van der Waals surface area contributed by atoms with Gasteiger partial charge < -0.3 is 9.84 Å². The Labute approximate surface area is 145 Å². The first-order chi connectivity index (χ1) is 12.6. The van der Waals surface area contributed by atoms with Crippen LogP contribution in [0.1, 0.15) is 10.6 Å². The number of carbonyl (C=O) groups is 1. The normalized spacial score (nSPS) is 10.8. The van der Waals surface area contributed by atoms with Crippen LogP contribution in [0.15, 0.2) is 68.7 Å². The van der Waals surface area contributed by atoms with E-state index < -0.39 is 17.0 Å². The third kappa shape index (κ3) is 2.69. The van der Waals surface area contributed by atoms with Gasteiger partial charge in [0.1, 0.15) is 5.69 Å². The van der Waals surface area contributed by atoms with Crippen molar-refractivity contribution in [3.05, 3.63) is 81.1 Å². The number of carbonyl (C=O) groups excluding carboxylic acids is 1. The second kappa shape index (κ2) is 6.17. The summed E-state index contributed by atoms with van der Waals surface area (Å²) in [6, 6.07) is 15.4. The van der Waals surface area contributed by atoms with Gasteiger partial charge in [-0.25, -0.2) is 0 Å². The molecular formula is C18H12N4O4. The Bertz CT molecular complexity index is 1220. The number of aromatic amines is 2. The van der Waals surface area contributed by atoms with Crippen molar-refractivity contribution in [3.63, 3.8) is 0 Å². The topological polar surface area (TPSA) is 121 Å². The average molecular weight is 348 g/mol. The van der Waals surface area contributed by atoms with Gasteiger partial charge in [0.15, 0.2) is 0 Å². The largest absolute Gasteiger partial charge is 0.350 e. The van der Waals surface area contributed by atoms with Gasteiger partial charge in [-0.15, -0.1) is 0 Å². The average Bonchev–Trinajstić information content (AvgIpc) is 3.16. The van der Waals surface area contributed by atoms with E-state index in [4.69, 9.17) is 4.52 Å². The maximum atomic E-state index is 12.5. The monoisotopic (exact) mass is 348 g/mol. The number of nitrogens with one attached hydrogen (secondary N) is 3. The molecule has 2 heterocycles. The molecule has 0 radical (unpaired) electrons. The molecule has 2 aromatic carbocycles. The fourth-order valence-corrected chi connectivity index (χ4v) is 2.64. The second-order valence-corrected chi connectivity index (χ2v) is 5.53. The summed E-state index contributed by atoms with van der Waals surface area (Å²) in [4.78, 5) is 36.3. The van der Waals surface area contributed by atoms with Crippen LogP contribution in [0.3, 0.4) is 0 Å². The van der Waals surface area contributed by atoms with E-state index >= 15 is 0 Å². The number of aromatic nitrogens is 3. The van der Waals surface area contributed by atoms with Crippen molar-refractivity contribution in [1.29, 1.82) is 0 Å². The van der Waals surface area contributed by atoms with Gasteiger partial charge in [-0.05, 0) is 12.1 Å². The van der Waals surface area contributed by atoms with Gasteiger partial charge in [0, 0.05) is 11.6 Å². The van der Waals surface area contributed by atoms with Crippen LogP contribution in [-0.4, -0.2) is 21.3 Å². The minimum atomic E-state index is -0.577. The Hall–Kier alpha value is -3.94. The number of amides is 1. The Morgan fingerprint density at radius 1 is 0.962 bits per heavy atom. The lowest BCUT2D eigenvalue weighted by atomic mass is 10.1. The number of H-pyrrole nitrogens is 2. The summed E-state index contributed by atoms with van der Waals surface area (Å²) in [5.41, 5.74) is 0.559. The second-order valence-electron chi connectivity index (χ2n) is 5.53. The van der Waals surface area contributed by atoms with Gasteiger partial charge in [-0.2, -0.15) is 0 Å². The molecule has 3 N–H and O–H groups in total. The van der Waals surface area contributed by atoms with E-state index in [0.29, 0.717) is 5.69 Å². The van der Waals surface area contributed by atoms with Crippen LogP contribution < -0.4 is 16.4 Å². The Balaban J connectivity index is 1.69. The minimum Gasteiger partial charge on any atom is -0.350 e. The summed E-state index contributed by atoms with van der Waals surface area (Å²) in [6.45, 7) is 0. The number of nitrogens with zero attached hydrogens (tertiary/aromatic N) is 1. The molecule has 0 spiro atoms. The van der Waals surface area contributed by atoms with E-state index in [1.165, 1.54) is 18.2 Å². The predicted molar refractivity (Wildman–Crippen MR) is 95.1 cm³/mol. The lowest BCUT2D eigenvalue weighted by molar-refractivity contribution is 0.0988. The van der Waals surface area contributed by atoms with Crippen LogP contribution in [0, 0.1) is 0 Å². The molecule has 0 aliphatic carbocycles. The van der Waals surface area contributed by atoms with Crippen molar-refractivity contribution < 1.29 is 9.32 Å². The standard InChI is InChI=1S/C18H12N4O4/c23-16-11-7-4-8-12(15(11)18(25)21-20-16)19-17(24)14-9-13(22-26-14)10-5-2-1-3-6-10/h1-9H,(H,19,24)(H,20,23)(H,21,25). The molecule has 0 aliphatic heterocycles. The maximum absolute atomic E-state index is 12.5. The SMILES string of the molecule is O=C(Nc1cccc2c(=O)[nH][nH]c(=O)c12)c1cc(-c2ccccc2)no1. The van der Waals surface area contributed by atoms with Crippen LogP contribution in [0.25, 0.3) is 22.0 Å². The third-order valence-corrected chi connectivity index (χ3v) is 3.88. The first-order valence-corrected chi connectivity index (χ1v) is 7.70. The summed E-state index contributed by atoms with van der Waals surface area (Å²) in [5, 5.41) is 11.2. The van der Waals surface area contributed by atoms with Crippen molar-refractivity contribution in [1.82, 2.24) is 15.4 Å². The number of fused-ring (bicyclic) bond motifs is 1. The molecule has 0 unspecified atom stereocenters. The molecule has 0 saturated heterocycles. The molecule has 1 amide bonds. The highest BCUT2D eigenvalue weighted by molar-refractivity contribution is 6.07. The molecule has 128 valence electrons. The van der Waals surface area contributed by atoms with Crippen LogP contribution in [0.2, 0.25) is 0 Å². The van der Waals surface area contributed by atoms with Crippen molar-refractivity contribution in [2.24, 2.45) is 0 Å². The summed E-state index contributed by atoms with van der Waals surface area (Å²) in [7, 11) is 0. The number of benzene rings is 2. The quantitative estimate of drug-likeness (QED) is 0.524. The smallest absolute Gasteiger partial charge is 0.294 e. The Kier molecular flexibility index (Phi) is 3.70. The molecule has 0 fully saturated rings. The molecule has 0 aliphatic rings. The van der Waals surface area contributed by atoms with Crippen LogP contribution in [0.4, 0.5) is 5.69 Å². The van der Waals surface area contributed by atoms with E-state index in [1.807, 2.05) is 30.3 Å². The van der Waals surface area contributed by atoms with E-state index in [2.05, 4.69) is 20.7 Å². The molecule has 8 nitrogen and oxygen atoms in total. The highest BCUT2D eigenvalue weighted by Gasteiger charge is 2.16. The van der Waals surface area contributed by atoms with Crippen LogP contribution in [-0.2, 0) is 0 Å². The third-order valence-electron chi connectivity index (χ3n) is 3.88. The predicted octanol–water partition coefficient (Wildman–Crippen LogP) is 2.12. The zero-order valence-electron chi connectivity index (χ0n) is 13.3. The molecule has 0 atom stereocenters. The van der Waals surface area contributed by atoms with Gasteiger partial charge >= 0.3 is 0 Å². The zero-order chi connectivity index (χ0) is 18.1.